The van der Waals surface area contributed by atoms with E-state index in [1.807, 2.05) is 13.0 Å². The second-order valence-corrected chi connectivity index (χ2v) is 3.96. The molecule has 0 amide bonds. The number of nitrogens with zero attached hydrogens (tertiary/aromatic N) is 1. The highest BCUT2D eigenvalue weighted by Crippen LogP contribution is 2.16. The van der Waals surface area contributed by atoms with Gasteiger partial charge in [0.15, 0.2) is 0 Å². The van der Waals surface area contributed by atoms with Crippen LogP contribution in [0.1, 0.15) is 18.2 Å². The molecule has 4 heteroatoms. The van der Waals surface area contributed by atoms with E-state index in [4.69, 9.17) is 10.5 Å². The molecule has 4 nitrogen and oxygen atoms in total. The lowest BCUT2D eigenvalue weighted by Gasteiger charge is -2.17. The molecule has 1 unspecified atom stereocenters. The summed E-state index contributed by atoms with van der Waals surface area (Å²) in [5, 5.41) is 3.20. The Bertz CT molecular complexity index is 339. The number of pyridine rings is 1. The minimum Gasteiger partial charge on any atom is -0.375 e. The summed E-state index contributed by atoms with van der Waals surface area (Å²) in [7, 11) is 0. The summed E-state index contributed by atoms with van der Waals surface area (Å²) in [6.07, 6.45) is 0.968. The van der Waals surface area contributed by atoms with Gasteiger partial charge in [-0.3, -0.25) is 0 Å². The Labute approximate surface area is 89.8 Å². The maximum Gasteiger partial charge on any atom is 0.126 e. The molecular weight excluding hydrogens is 190 g/mol. The molecular formula is C11H17N3O. The first-order valence-electron chi connectivity index (χ1n) is 5.31. The summed E-state index contributed by atoms with van der Waals surface area (Å²) >= 11 is 0. The van der Waals surface area contributed by atoms with Gasteiger partial charge in [0.05, 0.1) is 18.9 Å². The smallest absolute Gasteiger partial charge is 0.126 e. The van der Waals surface area contributed by atoms with Gasteiger partial charge in [-0.1, -0.05) is 6.07 Å². The molecule has 0 saturated heterocycles. The number of nitrogens with two attached hydrogens (primary N) is 1. The van der Waals surface area contributed by atoms with Gasteiger partial charge >= 0.3 is 0 Å². The first-order chi connectivity index (χ1) is 7.25. The van der Waals surface area contributed by atoms with E-state index in [0.29, 0.717) is 6.61 Å². The first kappa shape index (κ1) is 10.4. The molecule has 0 saturated carbocycles. The number of nitrogens with one attached hydrogen (secondary N) is 1. The van der Waals surface area contributed by atoms with Crippen molar-refractivity contribution in [3.05, 3.63) is 23.4 Å². The van der Waals surface area contributed by atoms with Crippen LogP contribution in [-0.2, 0) is 17.8 Å². The average molecular weight is 207 g/mol. The molecule has 2 heterocycles. The van der Waals surface area contributed by atoms with Crippen LogP contribution in [0.4, 0.5) is 5.82 Å². The predicted octanol–water partition coefficient (Wildman–Crippen LogP) is 0.913. The summed E-state index contributed by atoms with van der Waals surface area (Å²) in [6, 6.07) is 4.26. The van der Waals surface area contributed by atoms with Gasteiger partial charge in [-0.05, 0) is 25.0 Å². The van der Waals surface area contributed by atoms with Crippen LogP contribution in [0.25, 0.3) is 0 Å². The maximum absolute atomic E-state index is 5.66. The Kier molecular flexibility index (Phi) is 3.18. The number of aromatic nitrogens is 1. The molecule has 3 N–H and O–H groups in total. The van der Waals surface area contributed by atoms with E-state index in [9.17, 15) is 0 Å². The van der Waals surface area contributed by atoms with E-state index in [-0.39, 0.29) is 6.04 Å². The molecule has 1 aromatic heterocycles. The van der Waals surface area contributed by atoms with Crippen molar-refractivity contribution >= 4 is 5.82 Å². The number of fused-ring (bicyclic) bond motifs is 1. The van der Waals surface area contributed by atoms with Crippen molar-refractivity contribution in [2.75, 3.05) is 18.5 Å². The quantitative estimate of drug-likeness (QED) is 0.773. The largest absolute Gasteiger partial charge is 0.375 e. The zero-order chi connectivity index (χ0) is 10.7. The minimum absolute atomic E-state index is 0.138. The van der Waals surface area contributed by atoms with Gasteiger partial charge < -0.3 is 15.8 Å². The lowest BCUT2D eigenvalue weighted by atomic mass is 10.1. The van der Waals surface area contributed by atoms with E-state index < -0.39 is 0 Å². The Balaban J connectivity index is 2.07. The Morgan fingerprint density at radius 2 is 2.47 bits per heavy atom. The fourth-order valence-electron chi connectivity index (χ4n) is 1.60. The molecule has 0 spiro atoms. The number of rotatable bonds is 3. The molecule has 0 fully saturated rings. The topological polar surface area (TPSA) is 60.2 Å². The minimum atomic E-state index is 0.138. The summed E-state index contributed by atoms with van der Waals surface area (Å²) < 4.78 is 5.36. The predicted molar refractivity (Wildman–Crippen MR) is 59.7 cm³/mol. The lowest BCUT2D eigenvalue weighted by Crippen LogP contribution is -2.25. The van der Waals surface area contributed by atoms with E-state index in [2.05, 4.69) is 16.4 Å². The number of hydrogen-bond donors (Lipinski definition) is 2. The van der Waals surface area contributed by atoms with E-state index in [1.165, 1.54) is 5.56 Å². The second-order valence-electron chi connectivity index (χ2n) is 3.96. The van der Waals surface area contributed by atoms with Crippen molar-refractivity contribution in [2.24, 2.45) is 5.73 Å². The highest BCUT2D eigenvalue weighted by atomic mass is 16.5. The van der Waals surface area contributed by atoms with E-state index in [1.54, 1.807) is 0 Å². The summed E-state index contributed by atoms with van der Waals surface area (Å²) in [6.45, 7) is 4.14. The number of hydrogen-bond acceptors (Lipinski definition) is 4. The van der Waals surface area contributed by atoms with E-state index >= 15 is 0 Å². The molecule has 1 aliphatic heterocycles. The second kappa shape index (κ2) is 4.59. The molecule has 15 heavy (non-hydrogen) atoms. The number of anilines is 1. The van der Waals surface area contributed by atoms with Gasteiger partial charge in [0.2, 0.25) is 0 Å². The normalized spacial score (nSPS) is 16.9. The van der Waals surface area contributed by atoms with Crippen LogP contribution < -0.4 is 11.1 Å². The van der Waals surface area contributed by atoms with Crippen molar-refractivity contribution < 1.29 is 4.74 Å². The molecule has 82 valence electrons. The van der Waals surface area contributed by atoms with Crippen molar-refractivity contribution in [3.8, 4) is 0 Å². The third-order valence-electron chi connectivity index (χ3n) is 2.43. The fourth-order valence-corrected chi connectivity index (χ4v) is 1.60. The molecule has 0 aromatic carbocycles. The average Bonchev–Trinajstić information content (AvgIpc) is 2.26. The zero-order valence-corrected chi connectivity index (χ0v) is 8.99. The van der Waals surface area contributed by atoms with Crippen molar-refractivity contribution in [1.29, 1.82) is 0 Å². The van der Waals surface area contributed by atoms with Crippen LogP contribution in [0, 0.1) is 0 Å². The summed E-state index contributed by atoms with van der Waals surface area (Å²) in [5.41, 5.74) is 8.01. The molecule has 2 rings (SSSR count). The van der Waals surface area contributed by atoms with Gasteiger partial charge in [-0.2, -0.15) is 0 Å². The van der Waals surface area contributed by atoms with Crippen LogP contribution in [0.5, 0.6) is 0 Å². The third kappa shape index (κ3) is 2.67. The van der Waals surface area contributed by atoms with E-state index in [0.717, 1.165) is 31.1 Å². The Morgan fingerprint density at radius 1 is 1.60 bits per heavy atom. The van der Waals surface area contributed by atoms with Gasteiger partial charge in [0.25, 0.3) is 0 Å². The van der Waals surface area contributed by atoms with Gasteiger partial charge in [0, 0.05) is 12.6 Å². The third-order valence-corrected chi connectivity index (χ3v) is 2.43. The SMILES string of the molecule is CC(N)CNc1ccc2c(n1)COCC2. The zero-order valence-electron chi connectivity index (χ0n) is 8.99. The first-order valence-corrected chi connectivity index (χ1v) is 5.31. The van der Waals surface area contributed by atoms with Gasteiger partial charge in [0.1, 0.15) is 5.82 Å². The fraction of sp³-hybridized carbons (Fsp3) is 0.545. The number of ether oxygens (including phenoxy) is 1. The molecule has 1 aliphatic rings. The highest BCUT2D eigenvalue weighted by Gasteiger charge is 2.11. The van der Waals surface area contributed by atoms with Crippen LogP contribution in [0.3, 0.4) is 0 Å². The molecule has 0 radical (unpaired) electrons. The van der Waals surface area contributed by atoms with Crippen LogP contribution in [0.2, 0.25) is 0 Å². The maximum atomic E-state index is 5.66. The highest BCUT2D eigenvalue weighted by molar-refractivity contribution is 5.39. The summed E-state index contributed by atoms with van der Waals surface area (Å²) in [5.74, 6) is 0.886. The molecule has 0 bridgehead atoms. The molecule has 1 atom stereocenters. The lowest BCUT2D eigenvalue weighted by molar-refractivity contribution is 0.107. The van der Waals surface area contributed by atoms with Crippen molar-refractivity contribution in [1.82, 2.24) is 4.98 Å². The van der Waals surface area contributed by atoms with Crippen LogP contribution in [0.15, 0.2) is 12.1 Å². The Hall–Kier alpha value is -1.13. The van der Waals surface area contributed by atoms with Crippen molar-refractivity contribution in [2.45, 2.75) is 26.0 Å². The van der Waals surface area contributed by atoms with Crippen molar-refractivity contribution in [3.63, 3.8) is 0 Å². The van der Waals surface area contributed by atoms with Crippen LogP contribution in [-0.4, -0.2) is 24.2 Å². The molecule has 1 aromatic rings. The van der Waals surface area contributed by atoms with Gasteiger partial charge in [-0.25, -0.2) is 4.98 Å². The Morgan fingerprint density at radius 3 is 3.27 bits per heavy atom. The molecule has 0 aliphatic carbocycles. The van der Waals surface area contributed by atoms with Gasteiger partial charge in [-0.15, -0.1) is 0 Å². The monoisotopic (exact) mass is 207 g/mol. The standard InChI is InChI=1S/C11H17N3O/c1-8(12)6-13-11-3-2-9-4-5-15-7-10(9)14-11/h2-3,8H,4-7,12H2,1H3,(H,13,14). The van der Waals surface area contributed by atoms with Crippen LogP contribution >= 0.6 is 0 Å². The summed E-state index contributed by atoms with van der Waals surface area (Å²) in [4.78, 5) is 4.49.